The van der Waals surface area contributed by atoms with Gasteiger partial charge in [-0.05, 0) is 57.6 Å². The lowest BCUT2D eigenvalue weighted by atomic mass is 9.97. The van der Waals surface area contributed by atoms with Gasteiger partial charge < -0.3 is 9.80 Å². The van der Waals surface area contributed by atoms with Crippen LogP contribution >= 0.6 is 0 Å². The van der Waals surface area contributed by atoms with Crippen LogP contribution in [0.4, 0.5) is 5.95 Å². The number of fused-ring (bicyclic) bond motifs is 3. The average molecular weight is 372 g/mol. The Hall–Kier alpha value is -1.69. The summed E-state index contributed by atoms with van der Waals surface area (Å²) in [5, 5.41) is 0. The van der Waals surface area contributed by atoms with Crippen LogP contribution in [0.2, 0.25) is 0 Å². The molecule has 4 rings (SSSR count). The number of hydrogen-bond donors (Lipinski definition) is 0. The van der Waals surface area contributed by atoms with Crippen molar-refractivity contribution in [3.8, 4) is 0 Å². The van der Waals surface area contributed by atoms with E-state index in [1.807, 2.05) is 7.05 Å². The lowest BCUT2D eigenvalue weighted by Crippen LogP contribution is -2.40. The first kappa shape index (κ1) is 18.7. The molecule has 6 nitrogen and oxygen atoms in total. The minimum absolute atomic E-state index is 0.252. The van der Waals surface area contributed by atoms with Crippen molar-refractivity contribution in [2.24, 2.45) is 11.8 Å². The second kappa shape index (κ2) is 7.38. The van der Waals surface area contributed by atoms with Crippen LogP contribution in [-0.4, -0.2) is 71.5 Å². The summed E-state index contributed by atoms with van der Waals surface area (Å²) in [4.78, 5) is 28.8. The highest BCUT2D eigenvalue weighted by molar-refractivity contribution is 5.79. The maximum absolute atomic E-state index is 12.6. The predicted molar refractivity (Wildman–Crippen MR) is 107 cm³/mol. The molecular weight excluding hydrogens is 338 g/mol. The number of carbonyl (C=O) groups excluding carboxylic acids is 1. The fourth-order valence-corrected chi connectivity index (χ4v) is 4.63. The molecule has 2 atom stereocenters. The van der Waals surface area contributed by atoms with Crippen molar-refractivity contribution in [3.05, 3.63) is 17.5 Å². The Morgan fingerprint density at radius 3 is 2.74 bits per heavy atom. The number of nitrogens with zero attached hydrogens (tertiary/aromatic N) is 5. The summed E-state index contributed by atoms with van der Waals surface area (Å²) in [5.74, 6) is 2.91. The third-order valence-corrected chi connectivity index (χ3v) is 6.87. The number of aromatic nitrogens is 2. The number of rotatable bonds is 4. The average Bonchev–Trinajstić information content (AvgIpc) is 3.19. The highest BCUT2D eigenvalue weighted by atomic mass is 16.2. The second-order valence-electron chi connectivity index (χ2n) is 9.12. The van der Waals surface area contributed by atoms with E-state index >= 15 is 0 Å². The minimum Gasteiger partial charge on any atom is -0.341 e. The molecular formula is C21H33N5O. The van der Waals surface area contributed by atoms with E-state index in [-0.39, 0.29) is 5.91 Å². The largest absolute Gasteiger partial charge is 0.341 e. The Morgan fingerprint density at radius 2 is 2.04 bits per heavy atom. The van der Waals surface area contributed by atoms with E-state index < -0.39 is 0 Å². The molecule has 2 saturated heterocycles. The maximum atomic E-state index is 12.6. The van der Waals surface area contributed by atoms with E-state index in [1.54, 1.807) is 0 Å². The quantitative estimate of drug-likeness (QED) is 0.812. The van der Waals surface area contributed by atoms with Crippen LogP contribution in [0.25, 0.3) is 0 Å². The summed E-state index contributed by atoms with van der Waals surface area (Å²) >= 11 is 0. The first-order chi connectivity index (χ1) is 12.9. The number of carbonyl (C=O) groups is 1. The number of amides is 1. The molecule has 0 saturated carbocycles. The van der Waals surface area contributed by atoms with Gasteiger partial charge in [-0.1, -0.05) is 6.92 Å². The molecule has 148 valence electrons. The molecule has 3 aliphatic rings. The monoisotopic (exact) mass is 371 g/mol. The number of anilines is 1. The van der Waals surface area contributed by atoms with Gasteiger partial charge in [0.25, 0.3) is 0 Å². The van der Waals surface area contributed by atoms with Crippen molar-refractivity contribution in [1.82, 2.24) is 19.8 Å². The van der Waals surface area contributed by atoms with Crippen molar-refractivity contribution >= 4 is 11.9 Å². The van der Waals surface area contributed by atoms with Gasteiger partial charge in [0, 0.05) is 50.0 Å². The third-order valence-electron chi connectivity index (χ3n) is 6.87. The van der Waals surface area contributed by atoms with E-state index in [2.05, 4.69) is 41.7 Å². The van der Waals surface area contributed by atoms with E-state index in [0.717, 1.165) is 44.5 Å². The van der Waals surface area contributed by atoms with Gasteiger partial charge in [-0.2, -0.15) is 0 Å². The molecule has 2 unspecified atom stereocenters. The standard InChI is InChI=1S/C21H33N5O/c1-14(2)24(4)13-20(27)26-11-16-9-19-17(18(16)12-26)10-22-21(23-19)25-7-5-15(3)6-8-25/h10,14-16,18H,5-9,11-13H2,1-4H3. The fraction of sp³-hybridized carbons (Fsp3) is 0.762. The molecule has 0 aromatic carbocycles. The van der Waals surface area contributed by atoms with Crippen LogP contribution in [0, 0.1) is 11.8 Å². The fourth-order valence-electron chi connectivity index (χ4n) is 4.63. The molecule has 2 aliphatic heterocycles. The van der Waals surface area contributed by atoms with Crippen molar-refractivity contribution in [2.75, 3.05) is 44.7 Å². The van der Waals surface area contributed by atoms with Gasteiger partial charge in [-0.3, -0.25) is 9.69 Å². The molecule has 0 spiro atoms. The van der Waals surface area contributed by atoms with Crippen LogP contribution in [0.3, 0.4) is 0 Å². The highest BCUT2D eigenvalue weighted by Gasteiger charge is 2.42. The zero-order valence-electron chi connectivity index (χ0n) is 17.2. The zero-order valence-corrected chi connectivity index (χ0v) is 17.2. The van der Waals surface area contributed by atoms with Gasteiger partial charge >= 0.3 is 0 Å². The van der Waals surface area contributed by atoms with Gasteiger partial charge in [-0.25, -0.2) is 9.97 Å². The smallest absolute Gasteiger partial charge is 0.236 e. The molecule has 1 amide bonds. The van der Waals surface area contributed by atoms with Crippen molar-refractivity contribution < 1.29 is 4.79 Å². The summed E-state index contributed by atoms with van der Waals surface area (Å²) in [6.07, 6.45) is 5.50. The van der Waals surface area contributed by atoms with Gasteiger partial charge in [0.1, 0.15) is 0 Å². The first-order valence-electron chi connectivity index (χ1n) is 10.5. The van der Waals surface area contributed by atoms with Crippen LogP contribution < -0.4 is 4.90 Å². The number of hydrogen-bond acceptors (Lipinski definition) is 5. The normalized spacial score (nSPS) is 25.4. The molecule has 1 aromatic heterocycles. The van der Waals surface area contributed by atoms with Gasteiger partial charge in [0.05, 0.1) is 6.54 Å². The third kappa shape index (κ3) is 3.68. The number of likely N-dealkylation sites (tertiary alicyclic amines) is 1. The summed E-state index contributed by atoms with van der Waals surface area (Å²) in [5.41, 5.74) is 2.50. The Balaban J connectivity index is 1.41. The van der Waals surface area contributed by atoms with Crippen molar-refractivity contribution in [3.63, 3.8) is 0 Å². The summed E-state index contributed by atoms with van der Waals surface area (Å²) in [6.45, 7) is 10.9. The topological polar surface area (TPSA) is 52.6 Å². The molecule has 0 radical (unpaired) electrons. The van der Waals surface area contributed by atoms with Crippen LogP contribution in [0.5, 0.6) is 0 Å². The van der Waals surface area contributed by atoms with E-state index in [9.17, 15) is 4.79 Å². The van der Waals surface area contributed by atoms with Crippen LogP contribution in [0.15, 0.2) is 6.20 Å². The van der Waals surface area contributed by atoms with Crippen molar-refractivity contribution in [1.29, 1.82) is 0 Å². The molecule has 6 heteroatoms. The lowest BCUT2D eigenvalue weighted by Gasteiger charge is -2.30. The zero-order chi connectivity index (χ0) is 19.1. The predicted octanol–water partition coefficient (Wildman–Crippen LogP) is 2.15. The van der Waals surface area contributed by atoms with Gasteiger partial charge in [0.15, 0.2) is 0 Å². The summed E-state index contributed by atoms with van der Waals surface area (Å²) in [6, 6.07) is 0.390. The van der Waals surface area contributed by atoms with Crippen molar-refractivity contribution in [2.45, 2.75) is 52.0 Å². The summed E-state index contributed by atoms with van der Waals surface area (Å²) in [7, 11) is 2.02. The van der Waals surface area contributed by atoms with Crippen LogP contribution in [-0.2, 0) is 11.2 Å². The van der Waals surface area contributed by atoms with E-state index in [1.165, 1.54) is 24.1 Å². The lowest BCUT2D eigenvalue weighted by molar-refractivity contribution is -0.131. The number of likely N-dealkylation sites (N-methyl/N-ethyl adjacent to an activating group) is 1. The SMILES string of the molecule is CC1CCN(c2ncc3c(n2)CC2CN(C(=O)CN(C)C(C)C)CC32)CC1. The Labute approximate surface area is 162 Å². The Bertz CT molecular complexity index is 698. The van der Waals surface area contributed by atoms with Crippen LogP contribution in [0.1, 0.15) is 50.8 Å². The minimum atomic E-state index is 0.252. The molecule has 3 heterocycles. The molecule has 0 N–H and O–H groups in total. The summed E-state index contributed by atoms with van der Waals surface area (Å²) < 4.78 is 0. The molecule has 0 bridgehead atoms. The van der Waals surface area contributed by atoms with Gasteiger partial charge in [0.2, 0.25) is 11.9 Å². The van der Waals surface area contributed by atoms with Gasteiger partial charge in [-0.15, -0.1) is 0 Å². The molecule has 1 aliphatic carbocycles. The molecule has 27 heavy (non-hydrogen) atoms. The van der Waals surface area contributed by atoms with E-state index in [4.69, 9.17) is 9.97 Å². The Morgan fingerprint density at radius 1 is 1.30 bits per heavy atom. The maximum Gasteiger partial charge on any atom is 0.236 e. The van der Waals surface area contributed by atoms with E-state index in [0.29, 0.717) is 24.4 Å². The molecule has 2 fully saturated rings. The Kier molecular flexibility index (Phi) is 5.10. The second-order valence-corrected chi connectivity index (χ2v) is 9.12. The first-order valence-corrected chi connectivity index (χ1v) is 10.5. The molecule has 1 aromatic rings. The highest BCUT2D eigenvalue weighted by Crippen LogP contribution is 2.42. The number of piperidine rings is 1.